The number of halogens is 1. The second-order valence-corrected chi connectivity index (χ2v) is 5.63. The molecule has 1 saturated carbocycles. The first-order valence-electron chi connectivity index (χ1n) is 6.11. The van der Waals surface area contributed by atoms with Gasteiger partial charge in [0.2, 0.25) is 0 Å². The molecular weight excluding hydrogens is 274 g/mol. The molecule has 0 N–H and O–H groups in total. The zero-order chi connectivity index (χ0) is 11.0. The molecule has 1 aliphatic rings. The zero-order valence-electron chi connectivity index (χ0n) is 9.32. The second kappa shape index (κ2) is 5.26. The molecule has 1 fully saturated rings. The summed E-state index contributed by atoms with van der Waals surface area (Å²) in [5, 5.41) is 1.36. The minimum absolute atomic E-state index is 0. The number of hydrogen-bond donors (Lipinski definition) is 0. The molecule has 1 aliphatic carbocycles. The van der Waals surface area contributed by atoms with Crippen LogP contribution in [-0.2, 0) is 0 Å². The molecule has 1 heterocycles. The Kier molecular flexibility index (Phi) is 3.93. The Morgan fingerprint density at radius 1 is 1.06 bits per heavy atom. The van der Waals surface area contributed by atoms with Gasteiger partial charge in [0.15, 0.2) is 0 Å². The number of rotatable bonds is 1. The van der Waals surface area contributed by atoms with Gasteiger partial charge in [-0.1, -0.05) is 48.7 Å². The van der Waals surface area contributed by atoms with Crippen LogP contribution in [0.2, 0.25) is 0 Å². The predicted octanol–water partition coefficient (Wildman–Crippen LogP) is 5.55. The third-order valence-corrected chi connectivity index (χ3v) is 4.15. The largest absolute Gasteiger partial charge is 0.344 e. The number of hydrogen-bond acceptors (Lipinski definition) is 0. The van der Waals surface area contributed by atoms with Crippen molar-refractivity contribution in [2.24, 2.45) is 0 Å². The van der Waals surface area contributed by atoms with Crippen molar-refractivity contribution in [3.8, 4) is 0 Å². The Morgan fingerprint density at radius 3 is 2.59 bits per heavy atom. The van der Waals surface area contributed by atoms with E-state index in [0.717, 1.165) is 6.04 Å². The van der Waals surface area contributed by atoms with E-state index in [0.29, 0.717) is 0 Å². The van der Waals surface area contributed by atoms with Crippen LogP contribution in [0, 0.1) is 0 Å². The van der Waals surface area contributed by atoms with Gasteiger partial charge in [-0.25, -0.2) is 0 Å². The minimum Gasteiger partial charge on any atom is -0.344 e. The van der Waals surface area contributed by atoms with Gasteiger partial charge >= 0.3 is 0 Å². The van der Waals surface area contributed by atoms with Crippen molar-refractivity contribution in [2.75, 3.05) is 0 Å². The molecule has 0 atom stereocenters. The van der Waals surface area contributed by atoms with E-state index in [4.69, 9.17) is 0 Å². The lowest BCUT2D eigenvalue weighted by atomic mass is 9.95. The molecule has 2 aromatic rings. The van der Waals surface area contributed by atoms with E-state index >= 15 is 0 Å². The molecule has 0 spiro atoms. The van der Waals surface area contributed by atoms with Gasteiger partial charge in [0.25, 0.3) is 0 Å². The van der Waals surface area contributed by atoms with Gasteiger partial charge in [0, 0.05) is 22.2 Å². The van der Waals surface area contributed by atoms with Gasteiger partial charge < -0.3 is 4.57 Å². The number of nitrogens with zero attached hydrogens (tertiary/aromatic N) is 1. The minimum atomic E-state index is 0. The van der Waals surface area contributed by atoms with Gasteiger partial charge in [-0.3, -0.25) is 0 Å². The first kappa shape index (κ1) is 12.7. The van der Waals surface area contributed by atoms with Crippen molar-refractivity contribution in [1.29, 1.82) is 0 Å². The summed E-state index contributed by atoms with van der Waals surface area (Å²) in [6.07, 6.45) is 9.13. The maximum absolute atomic E-state index is 3.56. The fourth-order valence-electron chi connectivity index (χ4n) is 2.80. The van der Waals surface area contributed by atoms with Crippen molar-refractivity contribution in [2.45, 2.75) is 45.6 Å². The van der Waals surface area contributed by atoms with Crippen LogP contribution in [0.15, 0.2) is 34.9 Å². The molecule has 1 nitrogen and oxygen atoms in total. The maximum atomic E-state index is 3.56. The molecular formula is C15H20BrN. The van der Waals surface area contributed by atoms with Gasteiger partial charge in [0.1, 0.15) is 0 Å². The Bertz CT molecular complexity index is 495. The molecule has 17 heavy (non-hydrogen) atoms. The van der Waals surface area contributed by atoms with Crippen LogP contribution >= 0.6 is 15.9 Å². The van der Waals surface area contributed by atoms with Crippen LogP contribution in [0.4, 0.5) is 0 Å². The van der Waals surface area contributed by atoms with E-state index in [-0.39, 0.29) is 7.43 Å². The number of fused-ring (bicyclic) bond motifs is 1. The maximum Gasteiger partial charge on any atom is 0.0494 e. The lowest BCUT2D eigenvalue weighted by molar-refractivity contribution is 0.361. The molecule has 0 saturated heterocycles. The summed E-state index contributed by atoms with van der Waals surface area (Å²) in [6, 6.07) is 9.51. The summed E-state index contributed by atoms with van der Waals surface area (Å²) in [5.41, 5.74) is 1.38. The van der Waals surface area contributed by atoms with Crippen molar-refractivity contribution in [3.63, 3.8) is 0 Å². The molecule has 0 aliphatic heterocycles. The summed E-state index contributed by atoms with van der Waals surface area (Å²) in [6.45, 7) is 0. The summed E-state index contributed by atoms with van der Waals surface area (Å²) < 4.78 is 3.65. The average molecular weight is 294 g/mol. The normalized spacial score (nSPS) is 17.0. The molecule has 0 unspecified atom stereocenters. The topological polar surface area (TPSA) is 4.93 Å². The lowest BCUT2D eigenvalue weighted by Gasteiger charge is -2.24. The molecule has 3 rings (SSSR count). The van der Waals surface area contributed by atoms with Crippen LogP contribution in [0.3, 0.4) is 0 Å². The van der Waals surface area contributed by atoms with Gasteiger partial charge in [-0.15, -0.1) is 0 Å². The number of aromatic nitrogens is 1. The van der Waals surface area contributed by atoms with E-state index in [9.17, 15) is 0 Å². The lowest BCUT2D eigenvalue weighted by Crippen LogP contribution is -2.11. The summed E-state index contributed by atoms with van der Waals surface area (Å²) in [7, 11) is 0. The highest BCUT2D eigenvalue weighted by molar-refractivity contribution is 9.10. The van der Waals surface area contributed by atoms with Gasteiger partial charge in [-0.05, 0) is 36.4 Å². The number of benzene rings is 1. The Labute approximate surface area is 112 Å². The van der Waals surface area contributed by atoms with Crippen molar-refractivity contribution in [3.05, 3.63) is 34.9 Å². The van der Waals surface area contributed by atoms with Gasteiger partial charge in [0.05, 0.1) is 0 Å². The Morgan fingerprint density at radius 2 is 1.82 bits per heavy atom. The average Bonchev–Trinajstić information content (AvgIpc) is 2.73. The summed E-state index contributed by atoms with van der Waals surface area (Å²) >= 11 is 3.56. The third kappa shape index (κ3) is 2.42. The quantitative estimate of drug-likeness (QED) is 0.650. The van der Waals surface area contributed by atoms with E-state index in [1.165, 1.54) is 47.5 Å². The second-order valence-electron chi connectivity index (χ2n) is 4.72. The Balaban J connectivity index is 0.00000108. The fourth-order valence-corrected chi connectivity index (χ4v) is 3.15. The molecule has 1 aromatic carbocycles. The highest BCUT2D eigenvalue weighted by atomic mass is 79.9. The smallest absolute Gasteiger partial charge is 0.0494 e. The molecule has 0 radical (unpaired) electrons. The monoisotopic (exact) mass is 293 g/mol. The van der Waals surface area contributed by atoms with E-state index < -0.39 is 0 Å². The van der Waals surface area contributed by atoms with Crippen LogP contribution in [0.5, 0.6) is 0 Å². The Hall–Kier alpha value is -0.760. The van der Waals surface area contributed by atoms with Crippen molar-refractivity contribution < 1.29 is 0 Å². The first-order chi connectivity index (χ1) is 7.84. The third-order valence-electron chi connectivity index (χ3n) is 3.65. The molecule has 0 bridgehead atoms. The molecule has 92 valence electrons. The highest BCUT2D eigenvalue weighted by Crippen LogP contribution is 2.32. The van der Waals surface area contributed by atoms with Crippen molar-refractivity contribution >= 4 is 26.8 Å². The van der Waals surface area contributed by atoms with Crippen LogP contribution in [0.1, 0.15) is 45.6 Å². The van der Waals surface area contributed by atoms with Crippen molar-refractivity contribution in [1.82, 2.24) is 4.57 Å². The van der Waals surface area contributed by atoms with Gasteiger partial charge in [-0.2, -0.15) is 0 Å². The van der Waals surface area contributed by atoms with Crippen LogP contribution < -0.4 is 0 Å². The van der Waals surface area contributed by atoms with E-state index in [1.807, 2.05) is 0 Å². The fraction of sp³-hybridized carbons (Fsp3) is 0.467. The molecule has 2 heteroatoms. The highest BCUT2D eigenvalue weighted by Gasteiger charge is 2.16. The van der Waals surface area contributed by atoms with Crippen LogP contribution in [-0.4, -0.2) is 4.57 Å². The first-order valence-corrected chi connectivity index (χ1v) is 6.90. The predicted molar refractivity (Wildman–Crippen MR) is 78.5 cm³/mol. The van der Waals surface area contributed by atoms with E-state index in [1.54, 1.807) is 0 Å². The van der Waals surface area contributed by atoms with Crippen LogP contribution in [0.25, 0.3) is 10.9 Å². The standard InChI is InChI=1S/C14H16BrN.CH4/c15-12-7-6-11-8-9-16(14(11)10-12)13-4-2-1-3-5-13;/h6-10,13H,1-5H2;1H4. The molecule has 0 amide bonds. The summed E-state index contributed by atoms with van der Waals surface area (Å²) in [4.78, 5) is 0. The summed E-state index contributed by atoms with van der Waals surface area (Å²) in [5.74, 6) is 0. The SMILES string of the molecule is Brc1ccc2ccn(C3CCCCC3)c2c1.C. The zero-order valence-corrected chi connectivity index (χ0v) is 10.9. The molecule has 1 aromatic heterocycles. The van der Waals surface area contributed by atoms with E-state index in [2.05, 4.69) is 51.0 Å².